The number of rotatable bonds is 7. The van der Waals surface area contributed by atoms with Crippen LogP contribution in [0, 0.1) is 0 Å². The van der Waals surface area contributed by atoms with Crippen LogP contribution in [-0.2, 0) is 4.79 Å². The second kappa shape index (κ2) is 8.36. The molecule has 2 aromatic heterocycles. The van der Waals surface area contributed by atoms with E-state index in [1.54, 1.807) is 13.2 Å². The Labute approximate surface area is 171 Å². The minimum Gasteiger partial charge on any atom is -0.497 e. The number of thioether (sulfide) groups is 1. The quantitative estimate of drug-likeness (QED) is 0.449. The maximum Gasteiger partial charge on any atom is 0.234 e. The van der Waals surface area contributed by atoms with Crippen molar-refractivity contribution < 1.29 is 14.3 Å². The van der Waals surface area contributed by atoms with E-state index in [9.17, 15) is 4.79 Å². The van der Waals surface area contributed by atoms with Gasteiger partial charge in [0.2, 0.25) is 11.1 Å². The first-order valence-corrected chi connectivity index (χ1v) is 10.0. The topological polar surface area (TPSA) is 102 Å². The molecule has 4 rings (SSSR count). The van der Waals surface area contributed by atoms with Gasteiger partial charge in [0.25, 0.3) is 0 Å². The molecule has 0 fully saturated rings. The van der Waals surface area contributed by atoms with E-state index >= 15 is 0 Å². The number of methoxy groups -OCH3 is 1. The molecule has 0 unspecified atom stereocenters. The van der Waals surface area contributed by atoms with Crippen LogP contribution in [0.3, 0.4) is 0 Å². The first kappa shape index (κ1) is 19.0. The van der Waals surface area contributed by atoms with Gasteiger partial charge in [0.15, 0.2) is 5.65 Å². The fourth-order valence-electron chi connectivity index (χ4n) is 2.88. The zero-order chi connectivity index (χ0) is 20.2. The first-order valence-electron chi connectivity index (χ1n) is 9.02. The molecular weight excluding hydrogens is 390 g/mol. The Morgan fingerprint density at radius 1 is 1.17 bits per heavy atom. The number of benzene rings is 2. The van der Waals surface area contributed by atoms with Gasteiger partial charge in [-0.25, -0.2) is 4.98 Å². The summed E-state index contributed by atoms with van der Waals surface area (Å²) < 4.78 is 10.7. The molecule has 0 aliphatic heterocycles. The Hall–Kier alpha value is -3.33. The third-order valence-electron chi connectivity index (χ3n) is 4.16. The second-order valence-electron chi connectivity index (χ2n) is 6.13. The van der Waals surface area contributed by atoms with Crippen LogP contribution in [0.25, 0.3) is 22.1 Å². The number of hydrogen-bond acceptors (Lipinski definition) is 7. The van der Waals surface area contributed by atoms with Gasteiger partial charge in [-0.3, -0.25) is 4.79 Å². The van der Waals surface area contributed by atoms with E-state index in [2.05, 4.69) is 25.5 Å². The Kier molecular flexibility index (Phi) is 5.48. The Balaban J connectivity index is 1.44. The lowest BCUT2D eigenvalue weighted by atomic mass is 10.2. The van der Waals surface area contributed by atoms with Gasteiger partial charge in [0.1, 0.15) is 17.0 Å². The number of carbonyl (C=O) groups is 1. The Morgan fingerprint density at radius 2 is 2.07 bits per heavy atom. The molecule has 8 nitrogen and oxygen atoms in total. The summed E-state index contributed by atoms with van der Waals surface area (Å²) >= 11 is 1.22. The third kappa shape index (κ3) is 4.24. The van der Waals surface area contributed by atoms with Crippen molar-refractivity contribution in [2.75, 3.05) is 24.8 Å². The van der Waals surface area contributed by atoms with E-state index in [1.165, 1.54) is 11.8 Å². The molecular formula is C20H19N5O3S. The molecule has 4 aromatic rings. The number of anilines is 1. The number of nitrogens with zero attached hydrogens (tertiary/aromatic N) is 3. The molecule has 0 aliphatic rings. The fraction of sp³-hybridized carbons (Fsp3) is 0.200. The Morgan fingerprint density at radius 3 is 2.90 bits per heavy atom. The van der Waals surface area contributed by atoms with Gasteiger partial charge >= 0.3 is 0 Å². The number of carbonyl (C=O) groups excluding carboxylic acids is 1. The standard InChI is InChI=1S/C20H19N5O3S/c1-3-28-14-6-4-5-12(9-14)21-17(26)11-29-20-23-19-18(24-25-20)15-10-13(27-2)7-8-16(15)22-19/h4-10H,3,11H2,1-2H3,(H,21,26)(H,22,23,25). The summed E-state index contributed by atoms with van der Waals surface area (Å²) in [7, 11) is 1.62. The van der Waals surface area contributed by atoms with Crippen molar-refractivity contribution in [2.24, 2.45) is 0 Å². The highest BCUT2D eigenvalue weighted by Crippen LogP contribution is 2.27. The van der Waals surface area contributed by atoms with Crippen LogP contribution in [0.5, 0.6) is 11.5 Å². The van der Waals surface area contributed by atoms with Gasteiger partial charge < -0.3 is 19.8 Å². The summed E-state index contributed by atoms with van der Waals surface area (Å²) in [6.45, 7) is 2.48. The van der Waals surface area contributed by atoms with Gasteiger partial charge in [-0.15, -0.1) is 10.2 Å². The molecule has 0 radical (unpaired) electrons. The number of aromatic nitrogens is 4. The van der Waals surface area contributed by atoms with E-state index in [0.29, 0.717) is 34.4 Å². The number of aromatic amines is 1. The number of nitrogens with one attached hydrogen (secondary N) is 2. The molecule has 9 heteroatoms. The highest BCUT2D eigenvalue weighted by atomic mass is 32.2. The molecule has 0 saturated carbocycles. The second-order valence-corrected chi connectivity index (χ2v) is 7.07. The normalized spacial score (nSPS) is 11.0. The summed E-state index contributed by atoms with van der Waals surface area (Å²) in [5, 5.41) is 12.6. The summed E-state index contributed by atoms with van der Waals surface area (Å²) in [4.78, 5) is 20.0. The smallest absolute Gasteiger partial charge is 0.234 e. The molecule has 0 bridgehead atoms. The third-order valence-corrected chi connectivity index (χ3v) is 5.00. The number of amides is 1. The monoisotopic (exact) mass is 409 g/mol. The molecule has 0 aliphatic carbocycles. The van der Waals surface area contributed by atoms with Crippen LogP contribution in [0.1, 0.15) is 6.92 Å². The van der Waals surface area contributed by atoms with Crippen LogP contribution in [0.15, 0.2) is 47.6 Å². The predicted octanol–water partition coefficient (Wildman–Crippen LogP) is 3.64. The lowest BCUT2D eigenvalue weighted by molar-refractivity contribution is -0.113. The Bertz CT molecular complexity index is 1180. The average molecular weight is 409 g/mol. The molecule has 0 spiro atoms. The van der Waals surface area contributed by atoms with Crippen LogP contribution in [0.4, 0.5) is 5.69 Å². The summed E-state index contributed by atoms with van der Waals surface area (Å²) in [6.07, 6.45) is 0. The van der Waals surface area contributed by atoms with Crippen molar-refractivity contribution in [3.05, 3.63) is 42.5 Å². The number of fused-ring (bicyclic) bond motifs is 3. The van der Waals surface area contributed by atoms with Crippen molar-refractivity contribution in [3.63, 3.8) is 0 Å². The van der Waals surface area contributed by atoms with Crippen LogP contribution >= 0.6 is 11.8 Å². The van der Waals surface area contributed by atoms with Gasteiger partial charge in [-0.05, 0) is 37.3 Å². The van der Waals surface area contributed by atoms with Crippen molar-refractivity contribution in [3.8, 4) is 11.5 Å². The summed E-state index contributed by atoms with van der Waals surface area (Å²) in [5.41, 5.74) is 2.87. The van der Waals surface area contributed by atoms with Crippen LogP contribution in [-0.4, -0.2) is 45.5 Å². The molecule has 2 heterocycles. The van der Waals surface area contributed by atoms with E-state index in [0.717, 1.165) is 16.7 Å². The lowest BCUT2D eigenvalue weighted by Crippen LogP contribution is -2.14. The minimum atomic E-state index is -0.159. The van der Waals surface area contributed by atoms with E-state index in [1.807, 2.05) is 43.3 Å². The SMILES string of the molecule is CCOc1cccc(NC(=O)CSc2nnc3c(n2)[nH]c2ccc(OC)cc23)c1. The molecule has 0 atom stereocenters. The largest absolute Gasteiger partial charge is 0.497 e. The first-order chi connectivity index (χ1) is 14.2. The van der Waals surface area contributed by atoms with Gasteiger partial charge in [0.05, 0.1) is 19.5 Å². The zero-order valence-electron chi connectivity index (χ0n) is 15.9. The average Bonchev–Trinajstić information content (AvgIpc) is 3.09. The summed E-state index contributed by atoms with van der Waals surface area (Å²) in [6, 6.07) is 12.9. The van der Waals surface area contributed by atoms with Crippen LogP contribution < -0.4 is 14.8 Å². The van der Waals surface area contributed by atoms with Crippen molar-refractivity contribution in [1.29, 1.82) is 0 Å². The maximum atomic E-state index is 12.3. The molecule has 29 heavy (non-hydrogen) atoms. The fourth-order valence-corrected chi connectivity index (χ4v) is 3.47. The molecule has 2 aromatic carbocycles. The molecule has 148 valence electrons. The highest BCUT2D eigenvalue weighted by molar-refractivity contribution is 7.99. The summed E-state index contributed by atoms with van der Waals surface area (Å²) in [5.74, 6) is 1.46. The number of hydrogen-bond donors (Lipinski definition) is 2. The maximum absolute atomic E-state index is 12.3. The zero-order valence-corrected chi connectivity index (χ0v) is 16.7. The van der Waals surface area contributed by atoms with Gasteiger partial charge in [-0.1, -0.05) is 17.8 Å². The molecule has 1 amide bonds. The number of ether oxygens (including phenoxy) is 2. The van der Waals surface area contributed by atoms with Gasteiger partial charge in [0, 0.05) is 22.7 Å². The number of H-pyrrole nitrogens is 1. The van der Waals surface area contributed by atoms with E-state index in [-0.39, 0.29) is 11.7 Å². The molecule has 2 N–H and O–H groups in total. The predicted molar refractivity (Wildman–Crippen MR) is 113 cm³/mol. The molecule has 0 saturated heterocycles. The lowest BCUT2D eigenvalue weighted by Gasteiger charge is -2.07. The minimum absolute atomic E-state index is 0.159. The van der Waals surface area contributed by atoms with E-state index < -0.39 is 0 Å². The van der Waals surface area contributed by atoms with Gasteiger partial charge in [-0.2, -0.15) is 0 Å². The van der Waals surface area contributed by atoms with Crippen molar-refractivity contribution >= 4 is 45.4 Å². The van der Waals surface area contributed by atoms with E-state index in [4.69, 9.17) is 9.47 Å². The van der Waals surface area contributed by atoms with Crippen LogP contribution in [0.2, 0.25) is 0 Å². The van der Waals surface area contributed by atoms with Crippen molar-refractivity contribution in [1.82, 2.24) is 20.2 Å². The highest BCUT2D eigenvalue weighted by Gasteiger charge is 2.12. The van der Waals surface area contributed by atoms with Crippen molar-refractivity contribution in [2.45, 2.75) is 12.1 Å².